The van der Waals surface area contributed by atoms with Crippen molar-refractivity contribution in [3.63, 3.8) is 0 Å². The molecular weight excluding hydrogens is 348 g/mol. The van der Waals surface area contributed by atoms with Gasteiger partial charge in [0.25, 0.3) is 0 Å². The monoisotopic (exact) mass is 364 g/mol. The molecule has 2 rings (SSSR count). The number of aromatic nitrogens is 2. The van der Waals surface area contributed by atoms with Crippen molar-refractivity contribution >= 4 is 27.6 Å². The fraction of sp³-hybridized carbons (Fsp3) is 0.200. The van der Waals surface area contributed by atoms with E-state index in [0.717, 1.165) is 4.47 Å². The zero-order valence-corrected chi connectivity index (χ0v) is 13.7. The molecule has 0 aliphatic carbocycles. The van der Waals surface area contributed by atoms with Crippen LogP contribution in [-0.2, 0) is 6.54 Å². The van der Waals surface area contributed by atoms with Gasteiger partial charge in [0.1, 0.15) is 11.6 Å². The summed E-state index contributed by atoms with van der Waals surface area (Å²) < 4.78 is 2.70. The molecule has 0 saturated carbocycles. The molecule has 1 heterocycles. The molecule has 0 spiro atoms. The summed E-state index contributed by atoms with van der Waals surface area (Å²) >= 11 is 3.33. The standard InChI is InChI=1S/C15H17BrN4O2/c1-10(11(2)21)20-8-7-17-14(20)9-18-15(22)19-13-5-3-12(16)4-6-13/h3-8,10,21H,2,9H2,1H3,(H2,18,19,22). The first-order valence-electron chi connectivity index (χ1n) is 6.67. The minimum absolute atomic E-state index is 0.0403. The number of benzene rings is 1. The highest BCUT2D eigenvalue weighted by molar-refractivity contribution is 9.10. The number of halogens is 1. The molecular formula is C15H17BrN4O2. The number of hydrogen-bond acceptors (Lipinski definition) is 3. The van der Waals surface area contributed by atoms with Gasteiger partial charge in [-0.1, -0.05) is 22.5 Å². The van der Waals surface area contributed by atoms with E-state index in [0.29, 0.717) is 11.5 Å². The summed E-state index contributed by atoms with van der Waals surface area (Å²) in [5.74, 6) is 0.673. The van der Waals surface area contributed by atoms with Gasteiger partial charge < -0.3 is 20.3 Å². The SMILES string of the molecule is C=C(O)C(C)n1ccnc1CNC(=O)Nc1ccc(Br)cc1. The van der Waals surface area contributed by atoms with Gasteiger partial charge in [-0.25, -0.2) is 9.78 Å². The molecule has 0 fully saturated rings. The molecule has 0 aliphatic rings. The van der Waals surface area contributed by atoms with Gasteiger partial charge in [-0.3, -0.25) is 0 Å². The van der Waals surface area contributed by atoms with E-state index in [4.69, 9.17) is 0 Å². The van der Waals surface area contributed by atoms with Crippen LogP contribution in [0.3, 0.4) is 0 Å². The number of aliphatic hydroxyl groups excluding tert-OH is 1. The Labute approximate surface area is 137 Å². The molecule has 0 aliphatic heterocycles. The van der Waals surface area contributed by atoms with Crippen LogP contribution >= 0.6 is 15.9 Å². The van der Waals surface area contributed by atoms with Crippen LogP contribution in [0.1, 0.15) is 18.8 Å². The van der Waals surface area contributed by atoms with Gasteiger partial charge in [0.05, 0.1) is 12.6 Å². The van der Waals surface area contributed by atoms with E-state index >= 15 is 0 Å². The lowest BCUT2D eigenvalue weighted by Crippen LogP contribution is -2.29. The van der Waals surface area contributed by atoms with E-state index in [1.807, 2.05) is 12.1 Å². The summed E-state index contributed by atoms with van der Waals surface area (Å²) in [5, 5.41) is 14.9. The third-order valence-electron chi connectivity index (χ3n) is 3.16. The number of rotatable bonds is 5. The second-order valence-electron chi connectivity index (χ2n) is 4.73. The summed E-state index contributed by atoms with van der Waals surface area (Å²) in [7, 11) is 0. The minimum atomic E-state index is -0.327. The number of urea groups is 1. The second-order valence-corrected chi connectivity index (χ2v) is 5.65. The summed E-state index contributed by atoms with van der Waals surface area (Å²) in [4.78, 5) is 16.0. The Morgan fingerprint density at radius 2 is 2.14 bits per heavy atom. The maximum atomic E-state index is 11.9. The number of nitrogens with zero attached hydrogens (tertiary/aromatic N) is 2. The van der Waals surface area contributed by atoms with Gasteiger partial charge >= 0.3 is 6.03 Å². The Balaban J connectivity index is 1.93. The topological polar surface area (TPSA) is 79.2 Å². The van der Waals surface area contributed by atoms with Crippen molar-refractivity contribution in [3.05, 3.63) is 59.3 Å². The van der Waals surface area contributed by atoms with Crippen molar-refractivity contribution < 1.29 is 9.90 Å². The zero-order chi connectivity index (χ0) is 16.1. The summed E-state index contributed by atoms with van der Waals surface area (Å²) in [6.45, 7) is 5.56. The molecule has 116 valence electrons. The number of aliphatic hydroxyl groups is 1. The second kappa shape index (κ2) is 7.13. The normalized spacial score (nSPS) is 11.7. The Kier molecular flexibility index (Phi) is 5.21. The van der Waals surface area contributed by atoms with Crippen LogP contribution in [0.25, 0.3) is 0 Å². The Bertz CT molecular complexity index is 666. The highest BCUT2D eigenvalue weighted by Gasteiger charge is 2.12. The third kappa shape index (κ3) is 4.11. The van der Waals surface area contributed by atoms with Crippen molar-refractivity contribution in [1.82, 2.24) is 14.9 Å². The van der Waals surface area contributed by atoms with Crippen LogP contribution < -0.4 is 10.6 Å². The predicted octanol–water partition coefficient (Wildman–Crippen LogP) is 3.60. The molecule has 7 heteroatoms. The van der Waals surface area contributed by atoms with Crippen LogP contribution in [0, 0.1) is 0 Å². The lowest BCUT2D eigenvalue weighted by atomic mass is 10.3. The van der Waals surface area contributed by atoms with Crippen LogP contribution in [0.5, 0.6) is 0 Å². The summed E-state index contributed by atoms with van der Waals surface area (Å²) in [6.07, 6.45) is 3.35. The fourth-order valence-corrected chi connectivity index (χ4v) is 2.13. The molecule has 0 saturated heterocycles. The maximum absolute atomic E-state index is 11.9. The van der Waals surface area contributed by atoms with Crippen molar-refractivity contribution in [2.75, 3.05) is 5.32 Å². The molecule has 0 radical (unpaired) electrons. The average Bonchev–Trinajstić information content (AvgIpc) is 2.95. The Morgan fingerprint density at radius 1 is 1.45 bits per heavy atom. The average molecular weight is 365 g/mol. The minimum Gasteiger partial charge on any atom is -0.511 e. The van der Waals surface area contributed by atoms with Crippen LogP contribution in [0.15, 0.2) is 53.5 Å². The number of imidazole rings is 1. The molecule has 1 aromatic carbocycles. The molecule has 0 bridgehead atoms. The smallest absolute Gasteiger partial charge is 0.319 e. The van der Waals surface area contributed by atoms with Gasteiger partial charge in [-0.05, 0) is 31.2 Å². The molecule has 1 aromatic heterocycles. The first-order valence-corrected chi connectivity index (χ1v) is 7.46. The first kappa shape index (κ1) is 16.1. The molecule has 1 unspecified atom stereocenters. The third-order valence-corrected chi connectivity index (χ3v) is 3.69. The maximum Gasteiger partial charge on any atom is 0.319 e. The Hall–Kier alpha value is -2.28. The van der Waals surface area contributed by atoms with Crippen molar-refractivity contribution in [2.45, 2.75) is 19.5 Å². The number of hydrogen-bond donors (Lipinski definition) is 3. The summed E-state index contributed by atoms with van der Waals surface area (Å²) in [6, 6.07) is 6.65. The number of carbonyl (C=O) groups is 1. The van der Waals surface area contributed by atoms with Crippen molar-refractivity contribution in [3.8, 4) is 0 Å². The van der Waals surface area contributed by atoms with E-state index in [1.165, 1.54) is 0 Å². The molecule has 2 aromatic rings. The van der Waals surface area contributed by atoms with E-state index < -0.39 is 0 Å². The lowest BCUT2D eigenvalue weighted by molar-refractivity contribution is 0.251. The molecule has 3 N–H and O–H groups in total. The largest absolute Gasteiger partial charge is 0.511 e. The first-order chi connectivity index (χ1) is 10.5. The zero-order valence-electron chi connectivity index (χ0n) is 12.1. The Morgan fingerprint density at radius 3 is 2.77 bits per heavy atom. The highest BCUT2D eigenvalue weighted by atomic mass is 79.9. The van der Waals surface area contributed by atoms with E-state index in [9.17, 15) is 9.90 Å². The number of nitrogens with one attached hydrogen (secondary N) is 2. The lowest BCUT2D eigenvalue weighted by Gasteiger charge is -2.15. The van der Waals surface area contributed by atoms with E-state index in [1.54, 1.807) is 36.0 Å². The van der Waals surface area contributed by atoms with Gasteiger partial charge in [0.15, 0.2) is 0 Å². The quantitative estimate of drug-likeness (QED) is 0.709. The van der Waals surface area contributed by atoms with E-state index in [-0.39, 0.29) is 24.4 Å². The molecule has 22 heavy (non-hydrogen) atoms. The number of carbonyl (C=O) groups excluding carboxylic acids is 1. The van der Waals surface area contributed by atoms with Crippen molar-refractivity contribution in [2.24, 2.45) is 0 Å². The fourth-order valence-electron chi connectivity index (χ4n) is 1.86. The van der Waals surface area contributed by atoms with E-state index in [2.05, 4.69) is 38.1 Å². The number of amides is 2. The summed E-state index contributed by atoms with van der Waals surface area (Å²) in [5.41, 5.74) is 0.696. The number of anilines is 1. The highest BCUT2D eigenvalue weighted by Crippen LogP contribution is 2.15. The van der Waals surface area contributed by atoms with Gasteiger partial charge in [-0.2, -0.15) is 0 Å². The van der Waals surface area contributed by atoms with Crippen LogP contribution in [-0.4, -0.2) is 20.7 Å². The molecule has 1 atom stereocenters. The van der Waals surface area contributed by atoms with Crippen LogP contribution in [0.4, 0.5) is 10.5 Å². The van der Waals surface area contributed by atoms with Gasteiger partial charge in [0.2, 0.25) is 0 Å². The number of allylic oxidation sites excluding steroid dienone is 1. The molecule has 6 nitrogen and oxygen atoms in total. The van der Waals surface area contributed by atoms with Crippen molar-refractivity contribution in [1.29, 1.82) is 0 Å². The molecule has 2 amide bonds. The predicted molar refractivity (Wildman–Crippen MR) is 88.7 cm³/mol. The van der Waals surface area contributed by atoms with Gasteiger partial charge in [-0.15, -0.1) is 0 Å². The van der Waals surface area contributed by atoms with Crippen LogP contribution in [0.2, 0.25) is 0 Å². The van der Waals surface area contributed by atoms with Gasteiger partial charge in [0, 0.05) is 22.6 Å².